The van der Waals surface area contributed by atoms with E-state index in [2.05, 4.69) is 10.6 Å². The van der Waals surface area contributed by atoms with E-state index in [1.54, 1.807) is 13.8 Å². The highest BCUT2D eigenvalue weighted by atomic mass is 16.4. The molecule has 142 valence electrons. The van der Waals surface area contributed by atoms with E-state index < -0.39 is 66.5 Å². The first-order chi connectivity index (χ1) is 11.5. The number of carboxylic acids is 2. The Morgan fingerprint density at radius 3 is 1.96 bits per heavy atom. The molecule has 0 saturated carbocycles. The zero-order chi connectivity index (χ0) is 19.7. The Labute approximate surface area is 144 Å². The molecule has 11 heteroatoms. The Balaban J connectivity index is 5.15. The molecule has 0 radical (unpaired) electrons. The Hall–Kier alpha value is -2.69. The van der Waals surface area contributed by atoms with Crippen LogP contribution in [0.5, 0.6) is 0 Å². The highest BCUT2D eigenvalue weighted by Gasteiger charge is 2.31. The quantitative estimate of drug-likeness (QED) is 0.237. The largest absolute Gasteiger partial charge is 0.481 e. The molecular formula is C14H24N4O7. The van der Waals surface area contributed by atoms with E-state index in [9.17, 15) is 24.0 Å². The summed E-state index contributed by atoms with van der Waals surface area (Å²) in [5.41, 5.74) is 10.4. The molecule has 11 nitrogen and oxygen atoms in total. The molecule has 4 atom stereocenters. The molecule has 0 heterocycles. The van der Waals surface area contributed by atoms with Gasteiger partial charge in [-0.25, -0.2) is 4.79 Å². The number of rotatable bonds is 11. The molecule has 0 saturated heterocycles. The van der Waals surface area contributed by atoms with Crippen molar-refractivity contribution in [1.82, 2.24) is 10.6 Å². The van der Waals surface area contributed by atoms with E-state index in [1.807, 2.05) is 0 Å². The zero-order valence-corrected chi connectivity index (χ0v) is 14.0. The average molecular weight is 360 g/mol. The summed E-state index contributed by atoms with van der Waals surface area (Å²) >= 11 is 0. The Kier molecular flexibility index (Phi) is 9.13. The Morgan fingerprint density at radius 2 is 1.56 bits per heavy atom. The molecule has 0 aliphatic carbocycles. The van der Waals surface area contributed by atoms with Crippen LogP contribution in [0.15, 0.2) is 0 Å². The van der Waals surface area contributed by atoms with Crippen LogP contribution in [0, 0.1) is 5.92 Å². The van der Waals surface area contributed by atoms with Crippen molar-refractivity contribution in [2.45, 2.75) is 51.2 Å². The average Bonchev–Trinajstić information content (AvgIpc) is 2.49. The van der Waals surface area contributed by atoms with E-state index in [0.717, 1.165) is 0 Å². The maximum Gasteiger partial charge on any atom is 0.326 e. The lowest BCUT2D eigenvalue weighted by molar-refractivity contribution is -0.144. The third kappa shape index (κ3) is 8.11. The number of aliphatic carboxylic acids is 2. The van der Waals surface area contributed by atoms with Crippen LogP contribution in [0.4, 0.5) is 0 Å². The molecule has 0 aromatic heterocycles. The number of amides is 3. The maximum atomic E-state index is 12.3. The van der Waals surface area contributed by atoms with Crippen LogP contribution in [0.25, 0.3) is 0 Å². The summed E-state index contributed by atoms with van der Waals surface area (Å²) in [4.78, 5) is 56.8. The molecule has 0 aromatic rings. The number of carbonyl (C=O) groups is 5. The molecule has 0 fully saturated rings. The van der Waals surface area contributed by atoms with Gasteiger partial charge in [0.05, 0.1) is 18.9 Å². The van der Waals surface area contributed by atoms with Gasteiger partial charge in [0, 0.05) is 0 Å². The molecule has 0 aliphatic heterocycles. The topological polar surface area (TPSA) is 202 Å². The van der Waals surface area contributed by atoms with Crippen LogP contribution in [0.1, 0.15) is 33.1 Å². The van der Waals surface area contributed by atoms with E-state index in [1.165, 1.54) is 0 Å². The maximum absolute atomic E-state index is 12.3. The molecule has 0 aliphatic rings. The van der Waals surface area contributed by atoms with Gasteiger partial charge in [0.1, 0.15) is 12.1 Å². The highest BCUT2D eigenvalue weighted by molar-refractivity contribution is 5.94. The van der Waals surface area contributed by atoms with Crippen LogP contribution in [-0.4, -0.2) is 58.0 Å². The second-order valence-electron chi connectivity index (χ2n) is 5.65. The zero-order valence-electron chi connectivity index (χ0n) is 14.0. The summed E-state index contributed by atoms with van der Waals surface area (Å²) in [6, 6.07) is -4.05. The van der Waals surface area contributed by atoms with E-state index in [4.69, 9.17) is 21.7 Å². The summed E-state index contributed by atoms with van der Waals surface area (Å²) in [6.45, 7) is 3.38. The Morgan fingerprint density at radius 1 is 1.00 bits per heavy atom. The molecule has 8 N–H and O–H groups in total. The van der Waals surface area contributed by atoms with E-state index >= 15 is 0 Å². The number of nitrogens with one attached hydrogen (secondary N) is 2. The van der Waals surface area contributed by atoms with Gasteiger partial charge in [-0.3, -0.25) is 19.2 Å². The molecule has 0 aromatic carbocycles. The minimum atomic E-state index is -1.54. The molecule has 0 bridgehead atoms. The minimum absolute atomic E-state index is 0.399. The van der Waals surface area contributed by atoms with E-state index in [-0.39, 0.29) is 0 Å². The molecule has 0 rings (SSSR count). The number of primary amides is 1. The molecule has 4 unspecified atom stereocenters. The second kappa shape index (κ2) is 10.2. The first-order valence-corrected chi connectivity index (χ1v) is 7.58. The molecule has 25 heavy (non-hydrogen) atoms. The van der Waals surface area contributed by atoms with Crippen molar-refractivity contribution in [3.63, 3.8) is 0 Å². The van der Waals surface area contributed by atoms with Crippen LogP contribution in [0.3, 0.4) is 0 Å². The lowest BCUT2D eigenvalue weighted by Gasteiger charge is -2.26. The summed E-state index contributed by atoms with van der Waals surface area (Å²) in [5, 5.41) is 22.1. The standard InChI is InChI=1S/C14H24N4O7/c1-3-6(2)11(18-12(22)7(15)4-10(20)21)13(23)17-8(14(24)25)5-9(16)19/h6-8,11H,3-5,15H2,1-2H3,(H2,16,19)(H,17,23)(H,18,22)(H,20,21)(H,24,25). The number of hydrogen-bond acceptors (Lipinski definition) is 6. The third-order valence-corrected chi connectivity index (χ3v) is 3.54. The van der Waals surface area contributed by atoms with Crippen molar-refractivity contribution in [1.29, 1.82) is 0 Å². The number of carbonyl (C=O) groups excluding carboxylic acids is 3. The first-order valence-electron chi connectivity index (χ1n) is 7.58. The lowest BCUT2D eigenvalue weighted by atomic mass is 9.97. The first kappa shape index (κ1) is 22.3. The van der Waals surface area contributed by atoms with Crippen molar-refractivity contribution >= 4 is 29.7 Å². The summed E-state index contributed by atoms with van der Waals surface area (Å²) in [6.07, 6.45) is -0.777. The normalized spacial score (nSPS) is 15.3. The van der Waals surface area contributed by atoms with Gasteiger partial charge in [-0.15, -0.1) is 0 Å². The van der Waals surface area contributed by atoms with Gasteiger partial charge >= 0.3 is 11.9 Å². The van der Waals surface area contributed by atoms with Crippen LogP contribution < -0.4 is 22.1 Å². The van der Waals surface area contributed by atoms with Gasteiger partial charge in [0.2, 0.25) is 17.7 Å². The fraction of sp³-hybridized carbons (Fsp3) is 0.643. The Bertz CT molecular complexity index is 537. The summed E-state index contributed by atoms with van der Waals surface area (Å²) in [5.74, 6) is -5.74. The van der Waals surface area contributed by atoms with Gasteiger partial charge in [-0.2, -0.15) is 0 Å². The van der Waals surface area contributed by atoms with Gasteiger partial charge < -0.3 is 32.3 Å². The monoisotopic (exact) mass is 360 g/mol. The second-order valence-corrected chi connectivity index (χ2v) is 5.65. The number of nitrogens with two attached hydrogens (primary N) is 2. The van der Waals surface area contributed by atoms with Crippen LogP contribution >= 0.6 is 0 Å². The van der Waals surface area contributed by atoms with Crippen LogP contribution in [0.2, 0.25) is 0 Å². The third-order valence-electron chi connectivity index (χ3n) is 3.54. The summed E-state index contributed by atoms with van der Waals surface area (Å²) in [7, 11) is 0. The van der Waals surface area contributed by atoms with Gasteiger partial charge in [-0.05, 0) is 5.92 Å². The fourth-order valence-corrected chi connectivity index (χ4v) is 1.91. The fourth-order valence-electron chi connectivity index (χ4n) is 1.91. The molecular weight excluding hydrogens is 336 g/mol. The van der Waals surface area contributed by atoms with Gasteiger partial charge in [-0.1, -0.05) is 20.3 Å². The predicted octanol–water partition coefficient (Wildman–Crippen LogP) is -2.24. The minimum Gasteiger partial charge on any atom is -0.481 e. The van der Waals surface area contributed by atoms with Crippen molar-refractivity contribution in [2.24, 2.45) is 17.4 Å². The number of carboxylic acid groups (broad SMARTS) is 2. The lowest BCUT2D eigenvalue weighted by Crippen LogP contribution is -2.57. The van der Waals surface area contributed by atoms with Crippen molar-refractivity contribution in [2.75, 3.05) is 0 Å². The molecule has 0 spiro atoms. The van der Waals surface area contributed by atoms with Crippen molar-refractivity contribution in [3.8, 4) is 0 Å². The van der Waals surface area contributed by atoms with E-state index in [0.29, 0.717) is 6.42 Å². The molecule has 3 amide bonds. The predicted molar refractivity (Wildman–Crippen MR) is 85.0 cm³/mol. The smallest absolute Gasteiger partial charge is 0.326 e. The van der Waals surface area contributed by atoms with Gasteiger partial charge in [0.15, 0.2) is 0 Å². The number of hydrogen-bond donors (Lipinski definition) is 6. The highest BCUT2D eigenvalue weighted by Crippen LogP contribution is 2.09. The van der Waals surface area contributed by atoms with Gasteiger partial charge in [0.25, 0.3) is 0 Å². The SMILES string of the molecule is CCC(C)C(NC(=O)C(N)CC(=O)O)C(=O)NC(CC(N)=O)C(=O)O. The van der Waals surface area contributed by atoms with Crippen molar-refractivity contribution in [3.05, 3.63) is 0 Å². The summed E-state index contributed by atoms with van der Waals surface area (Å²) < 4.78 is 0. The van der Waals surface area contributed by atoms with Crippen molar-refractivity contribution < 1.29 is 34.2 Å². The van der Waals surface area contributed by atoms with Crippen LogP contribution in [-0.2, 0) is 24.0 Å².